The van der Waals surface area contributed by atoms with Gasteiger partial charge in [-0.2, -0.15) is 0 Å². The summed E-state index contributed by atoms with van der Waals surface area (Å²) >= 11 is 0. The van der Waals surface area contributed by atoms with Crippen molar-refractivity contribution >= 4 is 5.97 Å². The Morgan fingerprint density at radius 3 is 2.38 bits per heavy atom. The second-order valence-corrected chi connectivity index (χ2v) is 10.4. The Bertz CT molecular complexity index is 1280. The average molecular weight is 494 g/mol. The van der Waals surface area contributed by atoms with Gasteiger partial charge in [-0.3, -0.25) is 9.69 Å². The largest absolute Gasteiger partial charge is 0.489 e. The molecule has 0 radical (unpaired) electrons. The van der Waals surface area contributed by atoms with Crippen LogP contribution in [0.3, 0.4) is 0 Å². The molecule has 4 nitrogen and oxygen atoms in total. The SMILES string of the molecule is CC#CC(CC(=O)O)c1ccc(OCc2ccc(CN3CCC4(CCc5ccccc54)CC3)cc2)cc1. The summed E-state index contributed by atoms with van der Waals surface area (Å²) in [5.74, 6) is 5.43. The maximum Gasteiger partial charge on any atom is 0.304 e. The predicted octanol–water partition coefficient (Wildman–Crippen LogP) is 6.33. The van der Waals surface area contributed by atoms with Crippen molar-refractivity contribution in [2.75, 3.05) is 13.1 Å². The van der Waals surface area contributed by atoms with E-state index in [2.05, 4.69) is 65.3 Å². The smallest absolute Gasteiger partial charge is 0.304 e. The average Bonchev–Trinajstić information content (AvgIpc) is 3.27. The molecule has 1 spiro atoms. The number of benzene rings is 3. The lowest BCUT2D eigenvalue weighted by Crippen LogP contribution is -2.41. The first-order valence-corrected chi connectivity index (χ1v) is 13.3. The number of hydrogen-bond acceptors (Lipinski definition) is 3. The van der Waals surface area contributed by atoms with Crippen LogP contribution in [0.15, 0.2) is 72.8 Å². The molecule has 1 N–H and O–H groups in total. The van der Waals surface area contributed by atoms with Crippen LogP contribution >= 0.6 is 0 Å². The lowest BCUT2D eigenvalue weighted by atomic mass is 9.74. The number of ether oxygens (including phenoxy) is 1. The molecule has 0 saturated carbocycles. The number of carboxylic acids is 1. The number of hydrogen-bond donors (Lipinski definition) is 1. The standard InChI is InChI=1S/C33H35NO3/c1-2-5-29(22-32(35)36)27-12-14-30(15-13-27)37-24-26-10-8-25(9-11-26)23-34-20-18-33(19-21-34)17-16-28-6-3-4-7-31(28)33/h3-4,6-15,29H,16-24H2,1H3,(H,35,36). The van der Waals surface area contributed by atoms with Gasteiger partial charge in [-0.25, -0.2) is 0 Å². The van der Waals surface area contributed by atoms with E-state index in [1.807, 2.05) is 24.3 Å². The molecule has 1 atom stereocenters. The molecule has 190 valence electrons. The van der Waals surface area contributed by atoms with Crippen LogP contribution in [0.1, 0.15) is 66.3 Å². The Balaban J connectivity index is 1.11. The normalized spacial score (nSPS) is 17.0. The quantitative estimate of drug-likeness (QED) is 0.373. The Morgan fingerprint density at radius 2 is 1.68 bits per heavy atom. The van der Waals surface area contributed by atoms with E-state index in [4.69, 9.17) is 9.84 Å². The Labute approximate surface area is 220 Å². The van der Waals surface area contributed by atoms with Crippen LogP contribution in [0.4, 0.5) is 0 Å². The Kier molecular flexibility index (Phi) is 7.63. The first-order chi connectivity index (χ1) is 18.0. The fourth-order valence-electron chi connectivity index (χ4n) is 5.99. The summed E-state index contributed by atoms with van der Waals surface area (Å²) in [6, 6.07) is 25.4. The van der Waals surface area contributed by atoms with Crippen molar-refractivity contribution in [3.05, 3.63) is 101 Å². The summed E-state index contributed by atoms with van der Waals surface area (Å²) < 4.78 is 5.98. The molecule has 1 aliphatic heterocycles. The highest BCUT2D eigenvalue weighted by Crippen LogP contribution is 2.46. The maximum atomic E-state index is 11.1. The summed E-state index contributed by atoms with van der Waals surface area (Å²) in [4.78, 5) is 13.7. The zero-order valence-corrected chi connectivity index (χ0v) is 21.6. The van der Waals surface area contributed by atoms with E-state index in [1.165, 1.54) is 31.2 Å². The van der Waals surface area contributed by atoms with Crippen LogP contribution in [0.2, 0.25) is 0 Å². The summed E-state index contributed by atoms with van der Waals surface area (Å²) in [5.41, 5.74) is 6.97. The van der Waals surface area contributed by atoms with E-state index in [1.54, 1.807) is 18.1 Å². The molecular weight excluding hydrogens is 458 g/mol. The van der Waals surface area contributed by atoms with Gasteiger partial charge in [0.25, 0.3) is 0 Å². The van der Waals surface area contributed by atoms with E-state index in [-0.39, 0.29) is 12.3 Å². The number of likely N-dealkylation sites (tertiary alicyclic amines) is 1. The van der Waals surface area contributed by atoms with Crippen LogP contribution in [-0.2, 0) is 29.8 Å². The fourth-order valence-corrected chi connectivity index (χ4v) is 5.99. The molecule has 1 heterocycles. The first-order valence-electron chi connectivity index (χ1n) is 13.3. The van der Waals surface area contributed by atoms with Gasteiger partial charge in [0.15, 0.2) is 0 Å². The summed E-state index contributed by atoms with van der Waals surface area (Å²) in [6.45, 7) is 5.55. The van der Waals surface area contributed by atoms with Gasteiger partial charge < -0.3 is 9.84 Å². The number of piperidine rings is 1. The molecule has 3 aromatic rings. The van der Waals surface area contributed by atoms with Crippen molar-refractivity contribution in [2.24, 2.45) is 0 Å². The molecule has 3 aromatic carbocycles. The molecule has 0 aromatic heterocycles. The predicted molar refractivity (Wildman–Crippen MR) is 147 cm³/mol. The third kappa shape index (κ3) is 5.89. The fraction of sp³-hybridized carbons (Fsp3) is 0.364. The minimum atomic E-state index is -0.847. The number of fused-ring (bicyclic) bond motifs is 2. The highest BCUT2D eigenvalue weighted by molar-refractivity contribution is 5.69. The molecule has 4 heteroatoms. The van der Waals surface area contributed by atoms with E-state index in [0.29, 0.717) is 12.0 Å². The van der Waals surface area contributed by atoms with E-state index in [0.717, 1.165) is 36.5 Å². The van der Waals surface area contributed by atoms with E-state index in [9.17, 15) is 4.79 Å². The van der Waals surface area contributed by atoms with Gasteiger partial charge >= 0.3 is 5.97 Å². The summed E-state index contributed by atoms with van der Waals surface area (Å²) in [7, 11) is 0. The molecule has 37 heavy (non-hydrogen) atoms. The minimum absolute atomic E-state index is 0.000347. The van der Waals surface area contributed by atoms with Crippen molar-refractivity contribution in [3.8, 4) is 17.6 Å². The molecule has 1 aliphatic carbocycles. The lowest BCUT2D eigenvalue weighted by molar-refractivity contribution is -0.137. The van der Waals surface area contributed by atoms with Gasteiger partial charge in [-0.15, -0.1) is 5.92 Å². The van der Waals surface area contributed by atoms with Gasteiger partial charge in [-0.05, 0) is 91.1 Å². The number of nitrogens with zero attached hydrogens (tertiary/aromatic N) is 1. The summed E-state index contributed by atoms with van der Waals surface area (Å²) in [6.07, 6.45) is 5.07. The second-order valence-electron chi connectivity index (χ2n) is 10.4. The van der Waals surface area contributed by atoms with Crippen LogP contribution < -0.4 is 4.74 Å². The molecule has 0 amide bonds. The number of carboxylic acid groups (broad SMARTS) is 1. The minimum Gasteiger partial charge on any atom is -0.489 e. The molecular formula is C33H35NO3. The molecule has 1 fully saturated rings. The van der Waals surface area contributed by atoms with Gasteiger partial charge in [0.1, 0.15) is 12.4 Å². The topological polar surface area (TPSA) is 49.8 Å². The maximum absolute atomic E-state index is 11.1. The van der Waals surface area contributed by atoms with Gasteiger partial charge in [0.05, 0.1) is 12.3 Å². The monoisotopic (exact) mass is 493 g/mol. The second kappa shape index (κ2) is 11.2. The number of aliphatic carboxylic acids is 1. The Hall–Kier alpha value is -3.55. The van der Waals surface area contributed by atoms with Crippen molar-refractivity contribution in [2.45, 2.75) is 63.5 Å². The Morgan fingerprint density at radius 1 is 0.973 bits per heavy atom. The van der Waals surface area contributed by atoms with Crippen molar-refractivity contribution < 1.29 is 14.6 Å². The van der Waals surface area contributed by atoms with Crippen molar-refractivity contribution in [3.63, 3.8) is 0 Å². The molecule has 5 rings (SSSR count). The molecule has 2 aliphatic rings. The van der Waals surface area contributed by atoms with Gasteiger partial charge in [0.2, 0.25) is 0 Å². The number of rotatable bonds is 8. The third-order valence-corrected chi connectivity index (χ3v) is 8.09. The number of carbonyl (C=O) groups is 1. The third-order valence-electron chi connectivity index (χ3n) is 8.09. The van der Waals surface area contributed by atoms with Crippen LogP contribution in [0.5, 0.6) is 5.75 Å². The number of aryl methyl sites for hydroxylation is 1. The molecule has 0 bridgehead atoms. The van der Waals surface area contributed by atoms with E-state index < -0.39 is 5.97 Å². The zero-order chi connectivity index (χ0) is 25.7. The van der Waals surface area contributed by atoms with Crippen LogP contribution in [0.25, 0.3) is 0 Å². The lowest BCUT2D eigenvalue weighted by Gasteiger charge is -2.40. The molecule has 1 saturated heterocycles. The first kappa shape index (κ1) is 25.1. The zero-order valence-electron chi connectivity index (χ0n) is 21.6. The van der Waals surface area contributed by atoms with Crippen LogP contribution in [0, 0.1) is 11.8 Å². The van der Waals surface area contributed by atoms with Crippen molar-refractivity contribution in [1.29, 1.82) is 0 Å². The summed E-state index contributed by atoms with van der Waals surface area (Å²) in [5, 5.41) is 9.13. The highest BCUT2D eigenvalue weighted by atomic mass is 16.5. The molecule has 1 unspecified atom stereocenters. The van der Waals surface area contributed by atoms with Gasteiger partial charge in [0, 0.05) is 6.54 Å². The van der Waals surface area contributed by atoms with Gasteiger partial charge in [-0.1, -0.05) is 66.6 Å². The van der Waals surface area contributed by atoms with Crippen molar-refractivity contribution in [1.82, 2.24) is 4.90 Å². The van der Waals surface area contributed by atoms with Crippen LogP contribution in [-0.4, -0.2) is 29.1 Å². The van der Waals surface area contributed by atoms with E-state index >= 15 is 0 Å². The highest BCUT2D eigenvalue weighted by Gasteiger charge is 2.40.